The van der Waals surface area contributed by atoms with Crippen LogP contribution in [0, 0.1) is 0 Å². The molecule has 1 atom stereocenters. The molecule has 1 amide bonds. The van der Waals surface area contributed by atoms with Crippen molar-refractivity contribution < 1.29 is 4.79 Å². The van der Waals surface area contributed by atoms with Gasteiger partial charge in [0.05, 0.1) is 5.75 Å². The molecule has 0 aliphatic carbocycles. The smallest absolute Gasteiger partial charge is 0.230 e. The molecule has 0 saturated carbocycles. The first kappa shape index (κ1) is 22.1. The second-order valence-electron chi connectivity index (χ2n) is 8.60. The zero-order valence-electron chi connectivity index (χ0n) is 18.3. The summed E-state index contributed by atoms with van der Waals surface area (Å²) in [7, 11) is 1.94. The first-order chi connectivity index (χ1) is 14.3. The molecule has 0 aliphatic rings. The Morgan fingerprint density at radius 3 is 2.37 bits per heavy atom. The molecule has 2 aromatic carbocycles. The van der Waals surface area contributed by atoms with Gasteiger partial charge in [-0.15, -0.1) is 10.2 Å². The first-order valence-corrected chi connectivity index (χ1v) is 11.2. The van der Waals surface area contributed by atoms with Crippen molar-refractivity contribution >= 4 is 17.7 Å². The Morgan fingerprint density at radius 1 is 1.07 bits per heavy atom. The average Bonchev–Trinajstić information content (AvgIpc) is 3.11. The Bertz CT molecular complexity index is 975. The zero-order chi connectivity index (χ0) is 21.7. The first-order valence-electron chi connectivity index (χ1n) is 10.2. The monoisotopic (exact) mass is 422 g/mol. The van der Waals surface area contributed by atoms with Gasteiger partial charge in [-0.1, -0.05) is 94.1 Å². The highest BCUT2D eigenvalue weighted by Crippen LogP contribution is 2.27. The second kappa shape index (κ2) is 9.47. The maximum atomic E-state index is 12.3. The molecular weight excluding hydrogens is 392 g/mol. The molecular formula is C24H30N4OS. The Kier molecular flexibility index (Phi) is 6.98. The van der Waals surface area contributed by atoms with Crippen LogP contribution in [0.5, 0.6) is 0 Å². The molecule has 1 N–H and O–H groups in total. The summed E-state index contributed by atoms with van der Waals surface area (Å²) in [6.07, 6.45) is 0. The van der Waals surface area contributed by atoms with Crippen LogP contribution in [0.4, 0.5) is 0 Å². The summed E-state index contributed by atoms with van der Waals surface area (Å²) in [5.41, 5.74) is 3.64. The van der Waals surface area contributed by atoms with Crippen molar-refractivity contribution in [2.45, 2.75) is 44.2 Å². The summed E-state index contributed by atoms with van der Waals surface area (Å²) in [6, 6.07) is 18.6. The zero-order valence-corrected chi connectivity index (χ0v) is 19.2. The average molecular weight is 423 g/mol. The number of carbonyl (C=O) groups excluding carboxylic acids is 1. The van der Waals surface area contributed by atoms with Gasteiger partial charge in [0, 0.05) is 19.2 Å². The van der Waals surface area contributed by atoms with Crippen LogP contribution in [0.2, 0.25) is 0 Å². The summed E-state index contributed by atoms with van der Waals surface area (Å²) in [4.78, 5) is 12.3. The Hall–Kier alpha value is -2.60. The number of hydrogen-bond acceptors (Lipinski definition) is 4. The van der Waals surface area contributed by atoms with E-state index in [2.05, 4.69) is 79.6 Å². The molecule has 6 heteroatoms. The fourth-order valence-electron chi connectivity index (χ4n) is 3.16. The standard InChI is InChI=1S/C24H30N4OS/c1-17(18-9-7-6-8-10-18)15-25-21(29)16-30-23-27-26-22(28(23)5)19-11-13-20(14-12-19)24(2,3)4/h6-14,17H,15-16H2,1-5H3,(H,25,29)/t17-/m1/s1. The lowest BCUT2D eigenvalue weighted by molar-refractivity contribution is -0.118. The summed E-state index contributed by atoms with van der Waals surface area (Å²) < 4.78 is 1.94. The summed E-state index contributed by atoms with van der Waals surface area (Å²) >= 11 is 1.40. The van der Waals surface area contributed by atoms with Crippen molar-refractivity contribution in [1.29, 1.82) is 0 Å². The third-order valence-corrected chi connectivity index (χ3v) is 6.17. The van der Waals surface area contributed by atoms with Crippen LogP contribution in [0.15, 0.2) is 59.8 Å². The van der Waals surface area contributed by atoms with E-state index >= 15 is 0 Å². The van der Waals surface area contributed by atoms with Gasteiger partial charge in [0.15, 0.2) is 11.0 Å². The predicted molar refractivity (Wildman–Crippen MR) is 124 cm³/mol. The summed E-state index contributed by atoms with van der Waals surface area (Å²) in [5.74, 6) is 1.40. The molecule has 0 unspecified atom stereocenters. The highest BCUT2D eigenvalue weighted by atomic mass is 32.2. The van der Waals surface area contributed by atoms with E-state index in [1.165, 1.54) is 22.9 Å². The van der Waals surface area contributed by atoms with E-state index < -0.39 is 0 Å². The van der Waals surface area contributed by atoms with E-state index in [1.54, 1.807) is 0 Å². The van der Waals surface area contributed by atoms with E-state index in [9.17, 15) is 4.79 Å². The van der Waals surface area contributed by atoms with Gasteiger partial charge in [-0.25, -0.2) is 0 Å². The van der Waals surface area contributed by atoms with Crippen LogP contribution in [0.25, 0.3) is 11.4 Å². The minimum absolute atomic E-state index is 0.00172. The molecule has 3 aromatic rings. The Balaban J connectivity index is 1.55. The molecule has 5 nitrogen and oxygen atoms in total. The normalized spacial score (nSPS) is 12.6. The van der Waals surface area contributed by atoms with Crippen LogP contribution in [0.1, 0.15) is 44.7 Å². The summed E-state index contributed by atoms with van der Waals surface area (Å²) in [6.45, 7) is 9.33. The highest BCUT2D eigenvalue weighted by molar-refractivity contribution is 7.99. The van der Waals surface area contributed by atoms with Crippen molar-refractivity contribution in [3.8, 4) is 11.4 Å². The van der Waals surface area contributed by atoms with Gasteiger partial charge in [-0.2, -0.15) is 0 Å². The predicted octanol–water partition coefficient (Wildman–Crippen LogP) is 4.79. The molecule has 0 saturated heterocycles. The Labute approximate surface area is 183 Å². The molecule has 0 fully saturated rings. The molecule has 0 bridgehead atoms. The maximum Gasteiger partial charge on any atom is 0.230 e. The summed E-state index contributed by atoms with van der Waals surface area (Å²) in [5, 5.41) is 12.3. The van der Waals surface area contributed by atoms with Gasteiger partial charge in [0.1, 0.15) is 0 Å². The van der Waals surface area contributed by atoms with Crippen molar-refractivity contribution in [1.82, 2.24) is 20.1 Å². The van der Waals surface area contributed by atoms with E-state index in [1.807, 2.05) is 29.8 Å². The SMILES string of the molecule is C[C@H](CNC(=O)CSc1nnc(-c2ccc(C(C)(C)C)cc2)n1C)c1ccccc1. The lowest BCUT2D eigenvalue weighted by atomic mass is 9.87. The van der Waals surface area contributed by atoms with E-state index in [-0.39, 0.29) is 17.2 Å². The number of rotatable bonds is 7. The van der Waals surface area contributed by atoms with Gasteiger partial charge in [-0.05, 0) is 22.5 Å². The van der Waals surface area contributed by atoms with Gasteiger partial charge in [0.25, 0.3) is 0 Å². The maximum absolute atomic E-state index is 12.3. The van der Waals surface area contributed by atoms with Gasteiger partial charge in [-0.3, -0.25) is 4.79 Å². The number of benzene rings is 2. The third kappa shape index (κ3) is 5.51. The number of thioether (sulfide) groups is 1. The van der Waals surface area contributed by atoms with E-state index in [0.29, 0.717) is 12.3 Å². The fourth-order valence-corrected chi connectivity index (χ4v) is 3.90. The van der Waals surface area contributed by atoms with Crippen molar-refractivity contribution in [2.75, 3.05) is 12.3 Å². The molecule has 0 aliphatic heterocycles. The number of amides is 1. The van der Waals surface area contributed by atoms with E-state index in [4.69, 9.17) is 0 Å². The number of nitrogens with one attached hydrogen (secondary N) is 1. The van der Waals surface area contributed by atoms with Crippen LogP contribution in [0.3, 0.4) is 0 Å². The highest BCUT2D eigenvalue weighted by Gasteiger charge is 2.16. The molecule has 158 valence electrons. The lowest BCUT2D eigenvalue weighted by Crippen LogP contribution is -2.29. The van der Waals surface area contributed by atoms with Crippen LogP contribution in [-0.2, 0) is 17.3 Å². The molecule has 1 aromatic heterocycles. The van der Waals surface area contributed by atoms with Crippen LogP contribution in [-0.4, -0.2) is 33.0 Å². The fraction of sp³-hybridized carbons (Fsp3) is 0.375. The van der Waals surface area contributed by atoms with Crippen LogP contribution >= 0.6 is 11.8 Å². The lowest BCUT2D eigenvalue weighted by Gasteiger charge is -2.19. The topological polar surface area (TPSA) is 59.8 Å². The van der Waals surface area contributed by atoms with Crippen molar-refractivity contribution in [2.24, 2.45) is 7.05 Å². The minimum Gasteiger partial charge on any atom is -0.355 e. The third-order valence-electron chi connectivity index (χ3n) is 5.15. The molecule has 3 rings (SSSR count). The van der Waals surface area contributed by atoms with Gasteiger partial charge < -0.3 is 9.88 Å². The molecule has 30 heavy (non-hydrogen) atoms. The van der Waals surface area contributed by atoms with Gasteiger partial charge in [0.2, 0.25) is 5.91 Å². The number of aromatic nitrogens is 3. The Morgan fingerprint density at radius 2 is 1.73 bits per heavy atom. The number of hydrogen-bond donors (Lipinski definition) is 1. The number of carbonyl (C=O) groups is 1. The minimum atomic E-state index is 0.00172. The second-order valence-corrected chi connectivity index (χ2v) is 9.54. The molecule has 1 heterocycles. The molecule has 0 spiro atoms. The largest absolute Gasteiger partial charge is 0.355 e. The van der Waals surface area contributed by atoms with E-state index in [0.717, 1.165) is 16.5 Å². The van der Waals surface area contributed by atoms with Crippen molar-refractivity contribution in [3.05, 3.63) is 65.7 Å². The van der Waals surface area contributed by atoms with Crippen molar-refractivity contribution in [3.63, 3.8) is 0 Å². The quantitative estimate of drug-likeness (QED) is 0.556. The molecule has 0 radical (unpaired) electrons. The van der Waals surface area contributed by atoms with Gasteiger partial charge >= 0.3 is 0 Å². The van der Waals surface area contributed by atoms with Crippen LogP contribution < -0.4 is 5.32 Å². The number of nitrogens with zero attached hydrogens (tertiary/aromatic N) is 3.